The number of methoxy groups -OCH3 is 1. The Balaban J connectivity index is 2.32. The molecule has 0 fully saturated rings. The standard InChI is InChI=1S/C12H15N3O/c1-9-3-4-11-10(7-9)12(15-8-14-11)13-5-6-16-2/h3-4,7-8H,5-6H2,1-2H3,(H,13,14,15). The molecule has 1 aromatic carbocycles. The van der Waals surface area contributed by atoms with E-state index in [1.807, 2.05) is 12.1 Å². The van der Waals surface area contributed by atoms with Crippen LogP contribution in [0.25, 0.3) is 10.9 Å². The Kier molecular flexibility index (Phi) is 3.31. The number of anilines is 1. The summed E-state index contributed by atoms with van der Waals surface area (Å²) in [6.07, 6.45) is 1.58. The molecule has 84 valence electrons. The van der Waals surface area contributed by atoms with Gasteiger partial charge in [0.15, 0.2) is 0 Å². The second-order valence-electron chi connectivity index (χ2n) is 3.66. The Labute approximate surface area is 94.7 Å². The van der Waals surface area contributed by atoms with Gasteiger partial charge >= 0.3 is 0 Å². The molecular formula is C12H15N3O. The van der Waals surface area contributed by atoms with Gasteiger partial charge in [-0.05, 0) is 19.1 Å². The van der Waals surface area contributed by atoms with Gasteiger partial charge in [0.25, 0.3) is 0 Å². The van der Waals surface area contributed by atoms with Gasteiger partial charge in [0, 0.05) is 19.0 Å². The number of nitrogens with zero attached hydrogens (tertiary/aromatic N) is 2. The van der Waals surface area contributed by atoms with Crippen molar-refractivity contribution in [2.45, 2.75) is 6.92 Å². The molecule has 2 aromatic rings. The summed E-state index contributed by atoms with van der Waals surface area (Å²) in [4.78, 5) is 8.47. The summed E-state index contributed by atoms with van der Waals surface area (Å²) < 4.78 is 4.99. The molecule has 4 heteroatoms. The van der Waals surface area contributed by atoms with E-state index in [-0.39, 0.29) is 0 Å². The van der Waals surface area contributed by atoms with Crippen molar-refractivity contribution in [1.82, 2.24) is 9.97 Å². The van der Waals surface area contributed by atoms with E-state index in [2.05, 4.69) is 28.3 Å². The van der Waals surface area contributed by atoms with Gasteiger partial charge < -0.3 is 10.1 Å². The first-order valence-electron chi connectivity index (χ1n) is 5.25. The highest BCUT2D eigenvalue weighted by Crippen LogP contribution is 2.19. The number of nitrogens with one attached hydrogen (secondary N) is 1. The molecule has 0 bridgehead atoms. The molecule has 0 aliphatic carbocycles. The van der Waals surface area contributed by atoms with Crippen molar-refractivity contribution in [2.24, 2.45) is 0 Å². The van der Waals surface area contributed by atoms with Gasteiger partial charge in [-0.3, -0.25) is 0 Å². The van der Waals surface area contributed by atoms with Crippen LogP contribution in [0, 0.1) is 6.92 Å². The molecule has 0 unspecified atom stereocenters. The molecule has 0 aliphatic rings. The van der Waals surface area contributed by atoms with Gasteiger partial charge in [0.2, 0.25) is 0 Å². The van der Waals surface area contributed by atoms with Crippen LogP contribution < -0.4 is 5.32 Å². The molecular weight excluding hydrogens is 202 g/mol. The first-order chi connectivity index (χ1) is 7.81. The lowest BCUT2D eigenvalue weighted by molar-refractivity contribution is 0.210. The van der Waals surface area contributed by atoms with E-state index in [4.69, 9.17) is 4.74 Å². The zero-order valence-corrected chi connectivity index (χ0v) is 9.53. The SMILES string of the molecule is COCCNc1ncnc2ccc(C)cc12. The quantitative estimate of drug-likeness (QED) is 0.796. The van der Waals surface area contributed by atoms with Crippen LogP contribution in [0.2, 0.25) is 0 Å². The highest BCUT2D eigenvalue weighted by molar-refractivity contribution is 5.89. The fraction of sp³-hybridized carbons (Fsp3) is 0.333. The number of hydrogen-bond acceptors (Lipinski definition) is 4. The Morgan fingerprint density at radius 3 is 3.00 bits per heavy atom. The van der Waals surface area contributed by atoms with Crippen molar-refractivity contribution in [3.8, 4) is 0 Å². The highest BCUT2D eigenvalue weighted by atomic mass is 16.5. The monoisotopic (exact) mass is 217 g/mol. The van der Waals surface area contributed by atoms with E-state index in [0.717, 1.165) is 23.3 Å². The lowest BCUT2D eigenvalue weighted by Gasteiger charge is -2.07. The molecule has 0 radical (unpaired) electrons. The summed E-state index contributed by atoms with van der Waals surface area (Å²) in [7, 11) is 1.68. The van der Waals surface area contributed by atoms with Gasteiger partial charge in [0.1, 0.15) is 12.1 Å². The van der Waals surface area contributed by atoms with Crippen molar-refractivity contribution >= 4 is 16.7 Å². The van der Waals surface area contributed by atoms with Crippen LogP contribution >= 0.6 is 0 Å². The van der Waals surface area contributed by atoms with E-state index in [1.165, 1.54) is 5.56 Å². The third-order valence-corrected chi connectivity index (χ3v) is 2.39. The topological polar surface area (TPSA) is 47.0 Å². The van der Waals surface area contributed by atoms with Crippen LogP contribution in [0.5, 0.6) is 0 Å². The number of hydrogen-bond donors (Lipinski definition) is 1. The molecule has 0 atom stereocenters. The molecule has 4 nitrogen and oxygen atoms in total. The zero-order chi connectivity index (χ0) is 11.4. The zero-order valence-electron chi connectivity index (χ0n) is 9.53. The molecule has 0 amide bonds. The number of aromatic nitrogens is 2. The molecule has 16 heavy (non-hydrogen) atoms. The average molecular weight is 217 g/mol. The van der Waals surface area contributed by atoms with Crippen molar-refractivity contribution < 1.29 is 4.74 Å². The Morgan fingerprint density at radius 1 is 1.31 bits per heavy atom. The van der Waals surface area contributed by atoms with Crippen molar-refractivity contribution in [1.29, 1.82) is 0 Å². The van der Waals surface area contributed by atoms with Crippen LogP contribution in [-0.2, 0) is 4.74 Å². The Morgan fingerprint density at radius 2 is 2.19 bits per heavy atom. The largest absolute Gasteiger partial charge is 0.383 e. The Hall–Kier alpha value is -1.68. The smallest absolute Gasteiger partial charge is 0.137 e. The normalized spacial score (nSPS) is 10.6. The van der Waals surface area contributed by atoms with E-state index < -0.39 is 0 Å². The summed E-state index contributed by atoms with van der Waals surface area (Å²) in [6, 6.07) is 6.15. The summed E-state index contributed by atoms with van der Waals surface area (Å²) in [5.74, 6) is 0.866. The fourth-order valence-electron chi connectivity index (χ4n) is 1.58. The van der Waals surface area contributed by atoms with Crippen LogP contribution in [-0.4, -0.2) is 30.2 Å². The second-order valence-corrected chi connectivity index (χ2v) is 3.66. The van der Waals surface area contributed by atoms with Crippen LogP contribution in [0.15, 0.2) is 24.5 Å². The van der Waals surface area contributed by atoms with E-state index >= 15 is 0 Å². The maximum atomic E-state index is 4.99. The third-order valence-electron chi connectivity index (χ3n) is 2.39. The molecule has 1 aromatic heterocycles. The number of fused-ring (bicyclic) bond motifs is 1. The number of aryl methyl sites for hydroxylation is 1. The lowest BCUT2D eigenvalue weighted by Crippen LogP contribution is -2.09. The van der Waals surface area contributed by atoms with Gasteiger partial charge in [-0.1, -0.05) is 11.6 Å². The van der Waals surface area contributed by atoms with Crippen molar-refractivity contribution in [2.75, 3.05) is 25.6 Å². The lowest BCUT2D eigenvalue weighted by atomic mass is 10.1. The highest BCUT2D eigenvalue weighted by Gasteiger charge is 2.02. The van der Waals surface area contributed by atoms with Crippen molar-refractivity contribution in [3.05, 3.63) is 30.1 Å². The minimum atomic E-state index is 0.664. The summed E-state index contributed by atoms with van der Waals surface area (Å²) >= 11 is 0. The van der Waals surface area contributed by atoms with Gasteiger partial charge in [-0.25, -0.2) is 9.97 Å². The maximum Gasteiger partial charge on any atom is 0.137 e. The molecule has 0 saturated heterocycles. The first-order valence-corrected chi connectivity index (χ1v) is 5.25. The number of benzene rings is 1. The third kappa shape index (κ3) is 2.28. The van der Waals surface area contributed by atoms with Gasteiger partial charge in [-0.15, -0.1) is 0 Å². The van der Waals surface area contributed by atoms with Crippen molar-refractivity contribution in [3.63, 3.8) is 0 Å². The minimum Gasteiger partial charge on any atom is -0.383 e. The summed E-state index contributed by atoms with van der Waals surface area (Å²) in [6.45, 7) is 3.47. The maximum absolute atomic E-state index is 4.99. The number of rotatable bonds is 4. The predicted molar refractivity (Wildman–Crippen MR) is 64.6 cm³/mol. The minimum absolute atomic E-state index is 0.664. The summed E-state index contributed by atoms with van der Waals surface area (Å²) in [5.41, 5.74) is 2.16. The molecule has 0 saturated carbocycles. The van der Waals surface area contributed by atoms with Gasteiger partial charge in [0.05, 0.1) is 12.1 Å². The molecule has 0 aliphatic heterocycles. The first kappa shape index (κ1) is 10.8. The number of ether oxygens (including phenoxy) is 1. The van der Waals surface area contributed by atoms with Crippen LogP contribution in [0.4, 0.5) is 5.82 Å². The van der Waals surface area contributed by atoms with E-state index in [9.17, 15) is 0 Å². The van der Waals surface area contributed by atoms with E-state index in [1.54, 1.807) is 13.4 Å². The average Bonchev–Trinajstić information content (AvgIpc) is 2.30. The molecule has 2 rings (SSSR count). The summed E-state index contributed by atoms with van der Waals surface area (Å²) in [5, 5.41) is 4.29. The molecule has 1 N–H and O–H groups in total. The molecule has 1 heterocycles. The predicted octanol–water partition coefficient (Wildman–Crippen LogP) is 2.00. The van der Waals surface area contributed by atoms with E-state index in [0.29, 0.717) is 6.61 Å². The van der Waals surface area contributed by atoms with Crippen LogP contribution in [0.1, 0.15) is 5.56 Å². The fourth-order valence-corrected chi connectivity index (χ4v) is 1.58. The Bertz CT molecular complexity index is 485. The van der Waals surface area contributed by atoms with Crippen LogP contribution in [0.3, 0.4) is 0 Å². The molecule has 0 spiro atoms. The van der Waals surface area contributed by atoms with Gasteiger partial charge in [-0.2, -0.15) is 0 Å². The second kappa shape index (κ2) is 4.90.